The van der Waals surface area contributed by atoms with Gasteiger partial charge in [0.25, 0.3) is 5.24 Å². The second kappa shape index (κ2) is 7.08. The number of rotatable bonds is 5. The Bertz CT molecular complexity index is 595. The molecule has 3 nitrogen and oxygen atoms in total. The standard InChI is InChI=1S/C19H33ClO3Si2/c1-18(2,3)24(7,8)22-15-11-14(17(20)21)12-16(13-15)23-25(9,10)19(4,5)6/h11-13H,1-10H3. The molecule has 0 unspecified atom stereocenters. The van der Waals surface area contributed by atoms with Crippen LogP contribution in [-0.4, -0.2) is 21.9 Å². The highest BCUT2D eigenvalue weighted by atomic mass is 35.5. The molecule has 0 atom stereocenters. The fourth-order valence-electron chi connectivity index (χ4n) is 1.70. The molecule has 0 N–H and O–H groups in total. The van der Waals surface area contributed by atoms with E-state index in [-0.39, 0.29) is 10.1 Å². The van der Waals surface area contributed by atoms with Crippen LogP contribution in [0.25, 0.3) is 0 Å². The summed E-state index contributed by atoms with van der Waals surface area (Å²) in [5, 5.41) is -0.371. The summed E-state index contributed by atoms with van der Waals surface area (Å²) in [5.74, 6) is 1.32. The third-order valence-electron chi connectivity index (χ3n) is 5.47. The molecule has 0 amide bonds. The van der Waals surface area contributed by atoms with Crippen molar-refractivity contribution in [3.8, 4) is 11.5 Å². The largest absolute Gasteiger partial charge is 0.543 e. The highest BCUT2D eigenvalue weighted by Crippen LogP contribution is 2.40. The zero-order chi connectivity index (χ0) is 19.8. The average Bonchev–Trinajstić information content (AvgIpc) is 2.34. The summed E-state index contributed by atoms with van der Waals surface area (Å²) in [6, 6.07) is 5.33. The zero-order valence-corrected chi connectivity index (χ0v) is 20.1. The molecule has 0 radical (unpaired) electrons. The van der Waals surface area contributed by atoms with E-state index in [4.69, 9.17) is 20.5 Å². The third-order valence-corrected chi connectivity index (χ3v) is 14.4. The van der Waals surface area contributed by atoms with E-state index < -0.39 is 21.9 Å². The SMILES string of the molecule is CC(C)(C)[Si](C)(C)Oc1cc(O[Si](C)(C)C(C)(C)C)cc(C(=O)Cl)c1. The van der Waals surface area contributed by atoms with E-state index in [2.05, 4.69) is 67.7 Å². The van der Waals surface area contributed by atoms with Crippen LogP contribution in [0.15, 0.2) is 18.2 Å². The van der Waals surface area contributed by atoms with Crippen molar-refractivity contribution in [2.24, 2.45) is 0 Å². The maximum absolute atomic E-state index is 11.8. The van der Waals surface area contributed by atoms with Gasteiger partial charge in [-0.25, -0.2) is 0 Å². The van der Waals surface area contributed by atoms with Gasteiger partial charge in [0.15, 0.2) is 0 Å². The number of halogens is 1. The van der Waals surface area contributed by atoms with Gasteiger partial charge in [-0.15, -0.1) is 0 Å². The predicted octanol–water partition coefficient (Wildman–Crippen LogP) is 6.83. The summed E-state index contributed by atoms with van der Waals surface area (Å²) in [6.45, 7) is 21.8. The van der Waals surface area contributed by atoms with E-state index >= 15 is 0 Å². The van der Waals surface area contributed by atoms with Crippen LogP contribution >= 0.6 is 11.6 Å². The quantitative estimate of drug-likeness (QED) is 0.401. The Hall–Kier alpha value is -0.786. The molecule has 0 bridgehead atoms. The summed E-state index contributed by atoms with van der Waals surface area (Å²) in [4.78, 5) is 11.8. The van der Waals surface area contributed by atoms with Gasteiger partial charge in [-0.05, 0) is 60.0 Å². The van der Waals surface area contributed by atoms with Crippen LogP contribution in [0.1, 0.15) is 51.9 Å². The van der Waals surface area contributed by atoms with Gasteiger partial charge < -0.3 is 8.85 Å². The van der Waals surface area contributed by atoms with E-state index in [0.717, 1.165) is 0 Å². The Labute approximate surface area is 160 Å². The van der Waals surface area contributed by atoms with Crippen LogP contribution in [-0.2, 0) is 0 Å². The smallest absolute Gasteiger partial charge is 0.252 e. The Morgan fingerprint density at radius 1 is 0.800 bits per heavy atom. The van der Waals surface area contributed by atoms with Crippen molar-refractivity contribution in [1.29, 1.82) is 0 Å². The maximum Gasteiger partial charge on any atom is 0.252 e. The van der Waals surface area contributed by atoms with E-state index in [0.29, 0.717) is 17.1 Å². The van der Waals surface area contributed by atoms with Crippen LogP contribution in [0.5, 0.6) is 11.5 Å². The van der Waals surface area contributed by atoms with Gasteiger partial charge in [0.1, 0.15) is 11.5 Å². The number of carbonyl (C=O) groups excluding carboxylic acids is 1. The van der Waals surface area contributed by atoms with Crippen molar-refractivity contribution < 1.29 is 13.6 Å². The molecule has 1 rings (SSSR count). The van der Waals surface area contributed by atoms with Crippen LogP contribution in [0.2, 0.25) is 36.3 Å². The average molecular weight is 401 g/mol. The highest BCUT2D eigenvalue weighted by Gasteiger charge is 2.40. The fraction of sp³-hybridized carbons (Fsp3) is 0.632. The van der Waals surface area contributed by atoms with Gasteiger partial charge >= 0.3 is 0 Å². The van der Waals surface area contributed by atoms with Crippen molar-refractivity contribution in [2.45, 2.75) is 77.8 Å². The van der Waals surface area contributed by atoms with Gasteiger partial charge in [0.2, 0.25) is 16.6 Å². The van der Waals surface area contributed by atoms with Gasteiger partial charge in [-0.2, -0.15) is 0 Å². The van der Waals surface area contributed by atoms with Crippen molar-refractivity contribution in [3.63, 3.8) is 0 Å². The molecular weight excluding hydrogens is 368 g/mol. The Morgan fingerprint density at radius 2 is 1.12 bits per heavy atom. The lowest BCUT2D eigenvalue weighted by atomic mass is 10.2. The molecule has 0 saturated carbocycles. The molecule has 0 heterocycles. The van der Waals surface area contributed by atoms with Gasteiger partial charge in [0.05, 0.1) is 0 Å². The second-order valence-electron chi connectivity index (χ2n) is 9.69. The molecule has 1 aromatic carbocycles. The molecule has 1 aromatic rings. The van der Waals surface area contributed by atoms with Crippen LogP contribution in [0.3, 0.4) is 0 Å². The summed E-state index contributed by atoms with van der Waals surface area (Å²) >= 11 is 5.74. The Balaban J connectivity index is 3.30. The minimum atomic E-state index is -2.02. The Kier molecular flexibility index (Phi) is 6.31. The van der Waals surface area contributed by atoms with Crippen LogP contribution in [0, 0.1) is 0 Å². The molecule has 0 aliphatic carbocycles. The van der Waals surface area contributed by atoms with Crippen molar-refractivity contribution in [3.05, 3.63) is 23.8 Å². The molecule has 0 aliphatic heterocycles. The normalized spacial score (nSPS) is 13.6. The first-order chi connectivity index (χ1) is 11.0. The maximum atomic E-state index is 11.8. The second-order valence-corrected chi connectivity index (χ2v) is 19.5. The third kappa shape index (κ3) is 5.59. The van der Waals surface area contributed by atoms with Gasteiger partial charge in [0, 0.05) is 11.6 Å². The highest BCUT2D eigenvalue weighted by molar-refractivity contribution is 6.75. The summed E-state index contributed by atoms with van der Waals surface area (Å²) in [6.07, 6.45) is 0. The number of hydrogen-bond acceptors (Lipinski definition) is 3. The minimum absolute atomic E-state index is 0.0639. The van der Waals surface area contributed by atoms with Gasteiger partial charge in [-0.1, -0.05) is 41.5 Å². The van der Waals surface area contributed by atoms with E-state index in [9.17, 15) is 4.79 Å². The van der Waals surface area contributed by atoms with Crippen molar-refractivity contribution >= 4 is 33.5 Å². The first-order valence-corrected chi connectivity index (χ1v) is 14.9. The molecule has 0 saturated heterocycles. The lowest BCUT2D eigenvalue weighted by Crippen LogP contribution is -2.44. The fourth-order valence-corrected chi connectivity index (χ4v) is 3.83. The van der Waals surface area contributed by atoms with E-state index in [1.807, 2.05) is 6.07 Å². The Morgan fingerprint density at radius 3 is 1.36 bits per heavy atom. The summed E-state index contributed by atoms with van der Waals surface area (Å²) in [5.41, 5.74) is 0.409. The first kappa shape index (κ1) is 22.3. The molecule has 0 aliphatic rings. The molecule has 142 valence electrons. The topological polar surface area (TPSA) is 35.5 Å². The molecule has 6 heteroatoms. The van der Waals surface area contributed by atoms with E-state index in [1.54, 1.807) is 12.1 Å². The number of benzene rings is 1. The van der Waals surface area contributed by atoms with Gasteiger partial charge in [-0.3, -0.25) is 4.79 Å². The van der Waals surface area contributed by atoms with Crippen molar-refractivity contribution in [1.82, 2.24) is 0 Å². The predicted molar refractivity (Wildman–Crippen MR) is 112 cm³/mol. The number of hydrogen-bond donors (Lipinski definition) is 0. The molecule has 0 aromatic heterocycles. The minimum Gasteiger partial charge on any atom is -0.543 e. The monoisotopic (exact) mass is 400 g/mol. The van der Waals surface area contributed by atoms with Crippen LogP contribution < -0.4 is 8.85 Å². The lowest BCUT2D eigenvalue weighted by Gasteiger charge is -2.38. The molecule has 0 fully saturated rings. The summed E-state index contributed by atoms with van der Waals surface area (Å²) in [7, 11) is -4.04. The zero-order valence-electron chi connectivity index (χ0n) is 17.3. The van der Waals surface area contributed by atoms with Crippen LogP contribution in [0.4, 0.5) is 0 Å². The number of carbonyl (C=O) groups is 1. The first-order valence-electron chi connectivity index (χ1n) is 8.69. The lowest BCUT2D eigenvalue weighted by molar-refractivity contribution is 0.108. The molecular formula is C19H33ClO3Si2. The van der Waals surface area contributed by atoms with E-state index in [1.165, 1.54) is 0 Å². The molecule has 0 spiro atoms. The summed E-state index contributed by atoms with van der Waals surface area (Å²) < 4.78 is 12.7. The molecule has 25 heavy (non-hydrogen) atoms. The van der Waals surface area contributed by atoms with Crippen molar-refractivity contribution in [2.75, 3.05) is 0 Å².